The van der Waals surface area contributed by atoms with Crippen LogP contribution in [0.25, 0.3) is 0 Å². The molecule has 0 spiro atoms. The minimum absolute atomic E-state index is 0.206. The summed E-state index contributed by atoms with van der Waals surface area (Å²) in [5, 5.41) is 3.92. The van der Waals surface area contributed by atoms with Gasteiger partial charge in [0.2, 0.25) is 0 Å². The average molecular weight is 365 g/mol. The largest absolute Gasteiger partial charge is 0.481 e. The van der Waals surface area contributed by atoms with Crippen molar-refractivity contribution in [1.82, 2.24) is 0 Å². The summed E-state index contributed by atoms with van der Waals surface area (Å²) in [4.78, 5) is 11.8. The van der Waals surface area contributed by atoms with E-state index in [0.717, 1.165) is 0 Å². The van der Waals surface area contributed by atoms with Crippen LogP contribution in [0, 0.1) is 0 Å². The summed E-state index contributed by atoms with van der Waals surface area (Å²) in [6.45, 7) is -0.258. The van der Waals surface area contributed by atoms with E-state index in [1.165, 1.54) is 12.1 Å². The number of carbonyl (C=O) groups is 1. The third kappa shape index (κ3) is 4.42. The van der Waals surface area contributed by atoms with Crippen molar-refractivity contribution in [1.29, 1.82) is 0 Å². The Bertz CT molecular complexity index is 653. The molecule has 0 unspecified atom stereocenters. The highest BCUT2D eigenvalue weighted by atomic mass is 35.5. The molecule has 1 N–H and O–H groups in total. The Balaban J connectivity index is 2.01. The van der Waals surface area contributed by atoms with Crippen LogP contribution in [0.4, 0.5) is 5.69 Å². The number of nitrogens with one attached hydrogen (secondary N) is 1. The maximum atomic E-state index is 11.8. The minimum atomic E-state index is -0.384. The monoisotopic (exact) mass is 363 g/mol. The zero-order valence-corrected chi connectivity index (χ0v) is 13.5. The summed E-state index contributed by atoms with van der Waals surface area (Å²) in [5.41, 5.74) is 0.501. The van der Waals surface area contributed by atoms with Crippen LogP contribution in [-0.4, -0.2) is 12.5 Å². The molecular formula is C14H9Cl4NO2. The molecule has 110 valence electrons. The average Bonchev–Trinajstić information content (AvgIpc) is 2.40. The number of hydrogen-bond acceptors (Lipinski definition) is 2. The topological polar surface area (TPSA) is 38.3 Å². The summed E-state index contributed by atoms with van der Waals surface area (Å²) in [7, 11) is 0. The predicted octanol–water partition coefficient (Wildman–Crippen LogP) is 5.32. The van der Waals surface area contributed by atoms with E-state index in [1.807, 2.05) is 0 Å². The van der Waals surface area contributed by atoms with Crippen LogP contribution in [0.2, 0.25) is 20.1 Å². The van der Waals surface area contributed by atoms with Crippen LogP contribution >= 0.6 is 46.4 Å². The molecule has 0 aliphatic carbocycles. The summed E-state index contributed by atoms with van der Waals surface area (Å²) < 4.78 is 5.32. The van der Waals surface area contributed by atoms with Crippen LogP contribution in [0.3, 0.4) is 0 Å². The molecule has 7 heteroatoms. The van der Waals surface area contributed by atoms with E-state index in [2.05, 4.69) is 5.32 Å². The number of benzene rings is 2. The lowest BCUT2D eigenvalue weighted by Crippen LogP contribution is -2.20. The molecule has 2 rings (SSSR count). The number of hydrogen-bond donors (Lipinski definition) is 1. The Kier molecular flexibility index (Phi) is 5.59. The SMILES string of the molecule is O=C(COc1c(Cl)cc(Cl)cc1Cl)Nc1ccccc1Cl. The molecule has 0 aromatic heterocycles. The van der Waals surface area contributed by atoms with Crippen LogP contribution in [-0.2, 0) is 4.79 Å². The van der Waals surface area contributed by atoms with Crippen molar-refractivity contribution in [2.75, 3.05) is 11.9 Å². The third-order valence-corrected chi connectivity index (χ3v) is 3.57. The molecule has 1 amide bonds. The quantitative estimate of drug-likeness (QED) is 0.797. The van der Waals surface area contributed by atoms with Gasteiger partial charge >= 0.3 is 0 Å². The fourth-order valence-electron chi connectivity index (χ4n) is 1.55. The zero-order chi connectivity index (χ0) is 15.4. The van der Waals surface area contributed by atoms with Gasteiger partial charge in [0.1, 0.15) is 0 Å². The van der Waals surface area contributed by atoms with Gasteiger partial charge in [0.15, 0.2) is 12.4 Å². The van der Waals surface area contributed by atoms with Gasteiger partial charge in [-0.3, -0.25) is 4.79 Å². The van der Waals surface area contributed by atoms with Crippen molar-refractivity contribution < 1.29 is 9.53 Å². The van der Waals surface area contributed by atoms with E-state index in [1.54, 1.807) is 24.3 Å². The van der Waals surface area contributed by atoms with Gasteiger partial charge in [0.05, 0.1) is 20.8 Å². The summed E-state index contributed by atoms with van der Waals surface area (Å²) in [5.74, 6) is -0.178. The fourth-order valence-corrected chi connectivity index (χ4v) is 2.66. The molecule has 0 radical (unpaired) electrons. The Hall–Kier alpha value is -1.13. The highest BCUT2D eigenvalue weighted by molar-refractivity contribution is 6.40. The van der Waals surface area contributed by atoms with Gasteiger partial charge in [-0.2, -0.15) is 0 Å². The molecule has 2 aromatic rings. The fraction of sp³-hybridized carbons (Fsp3) is 0.0714. The first kappa shape index (κ1) is 16.2. The Morgan fingerprint density at radius 1 is 1.00 bits per heavy atom. The van der Waals surface area contributed by atoms with Gasteiger partial charge in [-0.25, -0.2) is 0 Å². The molecule has 0 saturated carbocycles. The minimum Gasteiger partial charge on any atom is -0.481 e. The van der Waals surface area contributed by atoms with Gasteiger partial charge in [0.25, 0.3) is 5.91 Å². The summed E-state index contributed by atoms with van der Waals surface area (Å²) >= 11 is 23.6. The molecule has 0 atom stereocenters. The van der Waals surface area contributed by atoms with Gasteiger partial charge in [-0.15, -0.1) is 0 Å². The number of anilines is 1. The van der Waals surface area contributed by atoms with E-state index < -0.39 is 0 Å². The smallest absolute Gasteiger partial charge is 0.262 e. The van der Waals surface area contributed by atoms with Gasteiger partial charge in [0, 0.05) is 5.02 Å². The highest BCUT2D eigenvalue weighted by Crippen LogP contribution is 2.35. The first-order valence-electron chi connectivity index (χ1n) is 5.79. The molecule has 21 heavy (non-hydrogen) atoms. The third-order valence-electron chi connectivity index (χ3n) is 2.46. The second kappa shape index (κ2) is 7.23. The van der Waals surface area contributed by atoms with Crippen LogP contribution < -0.4 is 10.1 Å². The number of halogens is 4. The van der Waals surface area contributed by atoms with E-state index in [0.29, 0.717) is 15.7 Å². The number of rotatable bonds is 4. The van der Waals surface area contributed by atoms with Crippen molar-refractivity contribution in [2.24, 2.45) is 0 Å². The van der Waals surface area contributed by atoms with Crippen LogP contribution in [0.5, 0.6) is 5.75 Å². The molecule has 0 aliphatic rings. The van der Waals surface area contributed by atoms with E-state index in [4.69, 9.17) is 51.1 Å². The first-order valence-corrected chi connectivity index (χ1v) is 7.30. The van der Waals surface area contributed by atoms with Crippen molar-refractivity contribution in [2.45, 2.75) is 0 Å². The second-order valence-electron chi connectivity index (χ2n) is 4.02. The summed E-state index contributed by atoms with van der Waals surface area (Å²) in [6.07, 6.45) is 0. The number of amides is 1. The van der Waals surface area contributed by atoms with Gasteiger partial charge < -0.3 is 10.1 Å². The van der Waals surface area contributed by atoms with Gasteiger partial charge in [-0.05, 0) is 24.3 Å². The number of ether oxygens (including phenoxy) is 1. The Morgan fingerprint density at radius 2 is 1.62 bits per heavy atom. The van der Waals surface area contributed by atoms with Crippen molar-refractivity contribution >= 4 is 58.0 Å². The Labute approximate surface area is 141 Å². The Morgan fingerprint density at radius 3 is 2.24 bits per heavy atom. The van der Waals surface area contributed by atoms with Crippen molar-refractivity contribution in [3.05, 3.63) is 56.5 Å². The number of carbonyl (C=O) groups excluding carboxylic acids is 1. The molecule has 2 aromatic carbocycles. The lowest BCUT2D eigenvalue weighted by molar-refractivity contribution is -0.118. The van der Waals surface area contributed by atoms with Crippen molar-refractivity contribution in [3.63, 3.8) is 0 Å². The molecule has 0 heterocycles. The van der Waals surface area contributed by atoms with E-state index in [9.17, 15) is 4.79 Å². The normalized spacial score (nSPS) is 10.3. The van der Waals surface area contributed by atoms with Crippen molar-refractivity contribution in [3.8, 4) is 5.75 Å². The van der Waals surface area contributed by atoms with Gasteiger partial charge in [-0.1, -0.05) is 58.5 Å². The van der Waals surface area contributed by atoms with E-state index in [-0.39, 0.29) is 28.3 Å². The standard InChI is InChI=1S/C14H9Cl4NO2/c15-8-5-10(17)14(11(18)6-8)21-7-13(20)19-12-4-2-1-3-9(12)16/h1-6H,7H2,(H,19,20). The van der Waals surface area contributed by atoms with Crippen LogP contribution in [0.1, 0.15) is 0 Å². The summed E-state index contributed by atoms with van der Waals surface area (Å²) in [6, 6.07) is 9.84. The molecule has 0 saturated heterocycles. The second-order valence-corrected chi connectivity index (χ2v) is 5.67. The molecule has 0 fully saturated rings. The van der Waals surface area contributed by atoms with E-state index >= 15 is 0 Å². The van der Waals surface area contributed by atoms with Crippen LogP contribution in [0.15, 0.2) is 36.4 Å². The lowest BCUT2D eigenvalue weighted by Gasteiger charge is -2.11. The molecule has 3 nitrogen and oxygen atoms in total. The maximum absolute atomic E-state index is 11.8. The molecule has 0 bridgehead atoms. The highest BCUT2D eigenvalue weighted by Gasteiger charge is 2.12. The molecular weight excluding hydrogens is 356 g/mol. The predicted molar refractivity (Wildman–Crippen MR) is 87.0 cm³/mol. The molecule has 0 aliphatic heterocycles. The lowest BCUT2D eigenvalue weighted by atomic mass is 10.3. The first-order chi connectivity index (χ1) is 9.97. The zero-order valence-electron chi connectivity index (χ0n) is 10.5. The number of para-hydroxylation sites is 1. The maximum Gasteiger partial charge on any atom is 0.262 e.